The van der Waals surface area contributed by atoms with Crippen LogP contribution in [0.5, 0.6) is 0 Å². The summed E-state index contributed by atoms with van der Waals surface area (Å²) in [6.45, 7) is 42.7. The summed E-state index contributed by atoms with van der Waals surface area (Å²) in [6, 6.07) is 0. The number of unbranched alkanes of at least 4 members (excludes halogenated alkanes) is 8. The largest absolute Gasteiger partial charge is 0.390 e. The minimum Gasteiger partial charge on any atom is -0.390 e. The first-order chi connectivity index (χ1) is 41.3. The number of hydrogen-bond donors (Lipinski definition) is 1. The van der Waals surface area contributed by atoms with E-state index in [-0.39, 0.29) is 57.9 Å². The van der Waals surface area contributed by atoms with Gasteiger partial charge in [-0.3, -0.25) is 0 Å². The average molecular weight is 1220 g/mol. The molecule has 1 N–H and O–H groups in total. The number of rotatable bonds is 41. The molecule has 20 atom stereocenters. The van der Waals surface area contributed by atoms with Crippen molar-refractivity contribution in [1.29, 1.82) is 0 Å². The van der Waals surface area contributed by atoms with Gasteiger partial charge in [-0.1, -0.05) is 159 Å². The van der Waals surface area contributed by atoms with E-state index in [0.29, 0.717) is 70.6 Å². The Morgan fingerprint density at radius 2 is 1.02 bits per heavy atom. The SMILES string of the molecule is CCCCOC[C@H]1O[C@@H](OC2CC[C@]3(C)C(CC[C@@]4(C)C3C[C@H](OCCCC)C3C([C@@](C)(O)CCC=C(C)C)CC[C@@]34C)C2(C)C)[C@H](OC2O[C@H](COCCCC)[C@@H](OCCCC)[C@H](OCCCC)[C@H]2OCCCC)[C@@H](OCCCC)[C@@H]1CCCC. The minimum atomic E-state index is -0.843. The smallest absolute Gasteiger partial charge is 0.187 e. The van der Waals surface area contributed by atoms with E-state index in [4.69, 9.17) is 52.1 Å². The molecule has 0 spiro atoms. The average Bonchev–Trinajstić information content (AvgIpc) is 1.22. The summed E-state index contributed by atoms with van der Waals surface area (Å²) in [4.78, 5) is 0. The van der Waals surface area contributed by atoms with E-state index in [1.807, 2.05) is 0 Å². The molecule has 6 aliphatic rings. The van der Waals surface area contributed by atoms with Crippen LogP contribution in [0.1, 0.15) is 278 Å². The molecular weight excluding hydrogens is 1080 g/mol. The molecule has 2 heterocycles. The molecule has 86 heavy (non-hydrogen) atoms. The molecule has 0 radical (unpaired) electrons. The zero-order valence-electron chi connectivity index (χ0n) is 58.5. The van der Waals surface area contributed by atoms with Crippen LogP contribution < -0.4 is 0 Å². The Kier molecular flexibility index (Phi) is 31.2. The van der Waals surface area contributed by atoms with E-state index < -0.39 is 48.7 Å². The Morgan fingerprint density at radius 3 is 1.60 bits per heavy atom. The Hall–Kier alpha value is -0.740. The van der Waals surface area contributed by atoms with Crippen molar-refractivity contribution in [2.75, 3.05) is 59.5 Å². The van der Waals surface area contributed by atoms with Crippen LogP contribution in [0, 0.1) is 51.2 Å². The highest BCUT2D eigenvalue weighted by Gasteiger charge is 2.72. The van der Waals surface area contributed by atoms with Gasteiger partial charge in [-0.15, -0.1) is 0 Å². The molecule has 0 aromatic heterocycles. The lowest BCUT2D eigenvalue weighted by molar-refractivity contribution is -0.385. The minimum absolute atomic E-state index is 0.00448. The molecule has 4 aliphatic carbocycles. The van der Waals surface area contributed by atoms with Crippen molar-refractivity contribution in [3.05, 3.63) is 11.6 Å². The van der Waals surface area contributed by atoms with Crippen molar-refractivity contribution >= 4 is 0 Å². The van der Waals surface area contributed by atoms with Gasteiger partial charge in [0.25, 0.3) is 0 Å². The predicted molar refractivity (Wildman–Crippen MR) is 348 cm³/mol. The van der Waals surface area contributed by atoms with Crippen LogP contribution in [-0.4, -0.2) is 138 Å². The molecule has 12 heteroatoms. The maximum Gasteiger partial charge on any atom is 0.187 e. The van der Waals surface area contributed by atoms with Gasteiger partial charge in [-0.05, 0) is 175 Å². The van der Waals surface area contributed by atoms with Gasteiger partial charge in [0.1, 0.15) is 30.5 Å². The highest BCUT2D eigenvalue weighted by Crippen LogP contribution is 2.76. The number of hydrogen-bond acceptors (Lipinski definition) is 12. The maximum atomic E-state index is 12.6. The third-order valence-corrected chi connectivity index (χ3v) is 23.1. The number of aliphatic hydroxyl groups is 1. The van der Waals surface area contributed by atoms with Crippen molar-refractivity contribution in [3.8, 4) is 0 Å². The van der Waals surface area contributed by atoms with Gasteiger partial charge in [0.05, 0.1) is 43.2 Å². The van der Waals surface area contributed by atoms with Gasteiger partial charge < -0.3 is 57.2 Å². The second kappa shape index (κ2) is 36.1. The molecule has 2 saturated heterocycles. The molecule has 0 bridgehead atoms. The van der Waals surface area contributed by atoms with Gasteiger partial charge >= 0.3 is 0 Å². The molecule has 6 rings (SSSR count). The first kappa shape index (κ1) is 74.3. The molecule has 6 fully saturated rings. The number of ether oxygens (including phenoxy) is 11. The van der Waals surface area contributed by atoms with Gasteiger partial charge in [0, 0.05) is 52.2 Å². The van der Waals surface area contributed by atoms with Crippen LogP contribution in [-0.2, 0) is 52.1 Å². The van der Waals surface area contributed by atoms with Crippen molar-refractivity contribution in [1.82, 2.24) is 0 Å². The fourth-order valence-corrected chi connectivity index (χ4v) is 17.8. The van der Waals surface area contributed by atoms with E-state index in [9.17, 15) is 5.11 Å². The topological polar surface area (TPSA) is 122 Å². The van der Waals surface area contributed by atoms with E-state index >= 15 is 0 Å². The lowest BCUT2D eigenvalue weighted by Gasteiger charge is -2.71. The molecule has 0 aromatic rings. The van der Waals surface area contributed by atoms with Gasteiger partial charge in [0.2, 0.25) is 0 Å². The standard InChI is InChI=1S/C74H136O12/c1-17-25-35-54-57(51-76-43-26-18-2)83-69(67(63(54)79-46-29-21-5)86-68-66(82-49-32-24-8)65(81-48-31-23-7)64(80-47-30-22-6)58(84-68)52-77-44-27-19-3)85-61-38-40-71(13)59(70(61,11)12)37-42-72(14)60(71)50-56(78-45-28-20-4)62-55(36-41-73(62,72)15)74(16,75)39-33-34-53(9)10/h34,54-69,75H,17-33,35-52H2,1-16H3/t54-,55?,56+,57-,58-,59?,60?,61?,62?,63+,64-,65+,66-,67-,68?,69+,71-,72+,73+,74+/m1/s1. The highest BCUT2D eigenvalue weighted by molar-refractivity contribution is 5.20. The maximum absolute atomic E-state index is 12.6. The van der Waals surface area contributed by atoms with Crippen LogP contribution in [0.4, 0.5) is 0 Å². The molecule has 0 aromatic carbocycles. The monoisotopic (exact) mass is 1220 g/mol. The second-order valence-corrected chi connectivity index (χ2v) is 29.9. The normalized spacial score (nSPS) is 37.6. The molecule has 504 valence electrons. The number of allylic oxidation sites excluding steroid dienone is 2. The fourth-order valence-electron chi connectivity index (χ4n) is 17.8. The molecule has 2 aliphatic heterocycles. The summed E-state index contributed by atoms with van der Waals surface area (Å²) >= 11 is 0. The zero-order valence-corrected chi connectivity index (χ0v) is 58.5. The number of fused-ring (bicyclic) bond motifs is 5. The van der Waals surface area contributed by atoms with Crippen LogP contribution in [0.25, 0.3) is 0 Å². The summed E-state index contributed by atoms with van der Waals surface area (Å²) < 4.78 is 79.3. The molecule has 4 saturated carbocycles. The van der Waals surface area contributed by atoms with E-state index in [1.54, 1.807) is 0 Å². The summed E-state index contributed by atoms with van der Waals surface area (Å²) in [5, 5.41) is 12.6. The van der Waals surface area contributed by atoms with Gasteiger partial charge in [-0.25, -0.2) is 0 Å². The third kappa shape index (κ3) is 18.1. The summed E-state index contributed by atoms with van der Waals surface area (Å²) in [7, 11) is 0. The third-order valence-electron chi connectivity index (χ3n) is 23.1. The Bertz CT molecular complexity index is 1890. The Balaban J connectivity index is 1.41. The van der Waals surface area contributed by atoms with Gasteiger partial charge in [0.15, 0.2) is 12.6 Å². The van der Waals surface area contributed by atoms with Gasteiger partial charge in [-0.2, -0.15) is 0 Å². The lowest BCUT2D eigenvalue weighted by Crippen LogP contribution is -2.68. The van der Waals surface area contributed by atoms with Crippen LogP contribution in [0.3, 0.4) is 0 Å². The fraction of sp³-hybridized carbons (Fsp3) is 0.973. The lowest BCUT2D eigenvalue weighted by atomic mass is 9.35. The quantitative estimate of drug-likeness (QED) is 0.0356. The summed E-state index contributed by atoms with van der Waals surface area (Å²) in [5.41, 5.74) is 0.539. The second-order valence-electron chi connectivity index (χ2n) is 29.9. The van der Waals surface area contributed by atoms with Crippen molar-refractivity contribution < 1.29 is 57.2 Å². The highest BCUT2D eigenvalue weighted by atomic mass is 16.8. The predicted octanol–water partition coefficient (Wildman–Crippen LogP) is 17.4. The van der Waals surface area contributed by atoms with Crippen LogP contribution in [0.15, 0.2) is 11.6 Å². The van der Waals surface area contributed by atoms with Crippen LogP contribution >= 0.6 is 0 Å². The van der Waals surface area contributed by atoms with E-state index in [2.05, 4.69) is 117 Å². The summed E-state index contributed by atoms with van der Waals surface area (Å²) in [6.07, 6.45) is 23.8. The van der Waals surface area contributed by atoms with E-state index in [1.165, 1.54) is 5.57 Å². The first-order valence-electron chi connectivity index (χ1n) is 36.5. The van der Waals surface area contributed by atoms with Crippen molar-refractivity contribution in [2.24, 2.45) is 51.2 Å². The molecule has 12 nitrogen and oxygen atoms in total. The first-order valence-corrected chi connectivity index (χ1v) is 36.5. The van der Waals surface area contributed by atoms with E-state index in [0.717, 1.165) is 174 Å². The molecule has 0 amide bonds. The van der Waals surface area contributed by atoms with Crippen LogP contribution in [0.2, 0.25) is 0 Å². The van der Waals surface area contributed by atoms with Crippen molar-refractivity contribution in [3.63, 3.8) is 0 Å². The molecule has 6 unspecified atom stereocenters. The zero-order chi connectivity index (χ0) is 62.5. The van der Waals surface area contributed by atoms with Crippen molar-refractivity contribution in [2.45, 2.75) is 351 Å². The molecular formula is C74H136O12. The Labute approximate surface area is 528 Å². The Morgan fingerprint density at radius 1 is 0.523 bits per heavy atom. The summed E-state index contributed by atoms with van der Waals surface area (Å²) in [5.74, 6) is 1.38.